The first-order valence-corrected chi connectivity index (χ1v) is 3.30. The molecule has 0 bridgehead atoms. The molecule has 0 fully saturated rings. The van der Waals surface area contributed by atoms with E-state index in [1.54, 1.807) is 18.2 Å². The molecule has 1 rings (SSSR count). The monoisotopic (exact) mass is 275 g/mol. The molecule has 79 valence electrons. The predicted molar refractivity (Wildman–Crippen MR) is 51.8 cm³/mol. The zero-order valence-electron chi connectivity index (χ0n) is 6.35. The second kappa shape index (κ2) is 11.0. The standard InChI is InChI=1S/C5H5NOS.CH3NO2.Cu.Na.H/c7-6-4-2-1-3-5(6)8;2-1(3)4;;;/h1-4,7H;2H2,(H,3,4);;;. The first-order valence-electron chi connectivity index (χ1n) is 2.89. The summed E-state index contributed by atoms with van der Waals surface area (Å²) in [6.07, 6.45) is 0.155. The average molecular weight is 276 g/mol. The van der Waals surface area contributed by atoms with Crippen molar-refractivity contribution in [2.75, 3.05) is 0 Å². The van der Waals surface area contributed by atoms with Gasteiger partial charge < -0.3 is 16.0 Å². The van der Waals surface area contributed by atoms with E-state index in [1.807, 2.05) is 0 Å². The fourth-order valence-electron chi connectivity index (χ4n) is 0.419. The third kappa shape index (κ3) is 12.0. The molecular formula is C6H9CuN2NaO3S. The van der Waals surface area contributed by atoms with Crippen molar-refractivity contribution >= 4 is 47.9 Å². The van der Waals surface area contributed by atoms with Crippen molar-refractivity contribution in [3.63, 3.8) is 0 Å². The molecule has 1 aromatic rings. The van der Waals surface area contributed by atoms with E-state index >= 15 is 0 Å². The van der Waals surface area contributed by atoms with Crippen LogP contribution in [0.1, 0.15) is 0 Å². The normalized spacial score (nSPS) is 6.86. The fourth-order valence-corrected chi connectivity index (χ4v) is 0.558. The number of carboxylic acid groups (broad SMARTS) is 1. The van der Waals surface area contributed by atoms with Gasteiger partial charge in [-0.2, -0.15) is 4.73 Å². The van der Waals surface area contributed by atoms with E-state index in [0.29, 0.717) is 4.64 Å². The Bertz CT molecular complexity index is 316. The summed E-state index contributed by atoms with van der Waals surface area (Å²) < 4.78 is 1.32. The maximum atomic E-state index is 8.78. The van der Waals surface area contributed by atoms with Gasteiger partial charge in [-0.3, -0.25) is 0 Å². The molecule has 0 aliphatic carbocycles. The summed E-state index contributed by atoms with van der Waals surface area (Å²) in [6, 6.07) is 5.13. The molecule has 0 unspecified atom stereocenters. The predicted octanol–water partition coefficient (Wildman–Crippen LogP) is 0.427. The first-order chi connectivity index (χ1) is 5.54. The Morgan fingerprint density at radius 2 is 1.93 bits per heavy atom. The van der Waals surface area contributed by atoms with Gasteiger partial charge in [-0.1, -0.05) is 18.3 Å². The minimum atomic E-state index is -1.33. The van der Waals surface area contributed by atoms with Gasteiger partial charge in [-0.25, -0.2) is 4.79 Å². The molecule has 14 heavy (non-hydrogen) atoms. The average Bonchev–Trinajstić information content (AvgIpc) is 1.94. The number of amides is 1. The van der Waals surface area contributed by atoms with E-state index in [1.165, 1.54) is 6.20 Å². The van der Waals surface area contributed by atoms with Crippen LogP contribution in [0.25, 0.3) is 0 Å². The van der Waals surface area contributed by atoms with Gasteiger partial charge in [-0.15, -0.1) is 0 Å². The molecule has 4 N–H and O–H groups in total. The van der Waals surface area contributed by atoms with Gasteiger partial charge >= 0.3 is 35.7 Å². The molecule has 0 saturated heterocycles. The van der Waals surface area contributed by atoms with Crippen molar-refractivity contribution in [2.24, 2.45) is 5.73 Å². The van der Waals surface area contributed by atoms with Crippen molar-refractivity contribution in [3.05, 3.63) is 29.0 Å². The number of rotatable bonds is 0. The number of primary amides is 1. The Hall–Kier alpha value is -0.0405. The first kappa shape index (κ1) is 19.5. The number of pyridine rings is 1. The van der Waals surface area contributed by atoms with Crippen LogP contribution in [0, 0.1) is 4.64 Å². The number of hydrogen-bond acceptors (Lipinski definition) is 3. The van der Waals surface area contributed by atoms with Gasteiger partial charge in [0.2, 0.25) is 0 Å². The SMILES string of the molecule is NC(=O)O.On1ccccc1=S.[Cu].[NaH]. The van der Waals surface area contributed by atoms with Crippen molar-refractivity contribution in [3.8, 4) is 0 Å². The van der Waals surface area contributed by atoms with E-state index in [-0.39, 0.29) is 46.6 Å². The third-order valence-corrected chi connectivity index (χ3v) is 1.13. The Labute approximate surface area is 119 Å². The van der Waals surface area contributed by atoms with Crippen molar-refractivity contribution in [1.29, 1.82) is 0 Å². The molecule has 0 aliphatic rings. The number of carbonyl (C=O) groups is 1. The number of hydrogen-bond donors (Lipinski definition) is 3. The van der Waals surface area contributed by atoms with Crippen LogP contribution in [0.4, 0.5) is 4.79 Å². The Morgan fingerprint density at radius 1 is 1.50 bits per heavy atom. The van der Waals surface area contributed by atoms with E-state index in [9.17, 15) is 0 Å². The minimum absolute atomic E-state index is 0. The zero-order valence-corrected chi connectivity index (χ0v) is 8.10. The Balaban J connectivity index is -0.000000180. The Morgan fingerprint density at radius 3 is 2.14 bits per heavy atom. The van der Waals surface area contributed by atoms with Gasteiger partial charge in [0, 0.05) is 23.3 Å². The molecule has 1 aromatic heterocycles. The zero-order chi connectivity index (χ0) is 9.56. The van der Waals surface area contributed by atoms with Gasteiger partial charge in [-0.05, 0) is 12.1 Å². The molecule has 1 radical (unpaired) electrons. The molecule has 0 atom stereocenters. The van der Waals surface area contributed by atoms with Gasteiger partial charge in [0.05, 0.1) is 0 Å². The van der Waals surface area contributed by atoms with Gasteiger partial charge in [0.15, 0.2) is 0 Å². The topological polar surface area (TPSA) is 88.5 Å². The second-order valence-corrected chi connectivity index (χ2v) is 2.14. The molecule has 0 aliphatic heterocycles. The second-order valence-electron chi connectivity index (χ2n) is 1.72. The van der Waals surface area contributed by atoms with Crippen LogP contribution >= 0.6 is 12.2 Å². The molecule has 1 heterocycles. The molecule has 8 heteroatoms. The van der Waals surface area contributed by atoms with Crippen molar-refractivity contribution < 1.29 is 32.2 Å². The summed E-state index contributed by atoms with van der Waals surface area (Å²) in [7, 11) is 0. The van der Waals surface area contributed by atoms with E-state index in [4.69, 9.17) is 15.1 Å². The summed E-state index contributed by atoms with van der Waals surface area (Å²) in [5.41, 5.74) is 4.03. The van der Waals surface area contributed by atoms with Crippen LogP contribution in [0.3, 0.4) is 0 Å². The van der Waals surface area contributed by atoms with E-state index in [0.717, 1.165) is 4.73 Å². The van der Waals surface area contributed by atoms with E-state index in [2.05, 4.69) is 18.0 Å². The summed E-state index contributed by atoms with van der Waals surface area (Å²) >= 11 is 4.67. The third-order valence-electron chi connectivity index (χ3n) is 0.803. The summed E-state index contributed by atoms with van der Waals surface area (Å²) in [6.45, 7) is 0. The van der Waals surface area contributed by atoms with Crippen LogP contribution in [0.15, 0.2) is 24.4 Å². The van der Waals surface area contributed by atoms with Crippen LogP contribution in [0.5, 0.6) is 0 Å². The molecule has 0 saturated carbocycles. The summed E-state index contributed by atoms with van der Waals surface area (Å²) in [4.78, 5) is 8.78. The molecular weight excluding hydrogens is 267 g/mol. The molecule has 0 aromatic carbocycles. The van der Waals surface area contributed by atoms with Crippen LogP contribution in [-0.2, 0) is 17.1 Å². The van der Waals surface area contributed by atoms with E-state index < -0.39 is 6.09 Å². The fraction of sp³-hybridized carbons (Fsp3) is 0. The summed E-state index contributed by atoms with van der Waals surface area (Å²) in [5.74, 6) is 0. The Kier molecular flexibility index (Phi) is 15.4. The number of nitrogens with two attached hydrogens (primary N) is 1. The van der Waals surface area contributed by atoms with Crippen molar-refractivity contribution in [2.45, 2.75) is 0 Å². The van der Waals surface area contributed by atoms with Crippen molar-refractivity contribution in [1.82, 2.24) is 4.73 Å². The van der Waals surface area contributed by atoms with Gasteiger partial charge in [0.1, 0.15) is 4.64 Å². The van der Waals surface area contributed by atoms with Crippen LogP contribution in [0.2, 0.25) is 0 Å². The van der Waals surface area contributed by atoms with Crippen LogP contribution in [-0.4, -0.2) is 50.7 Å². The number of aromatic nitrogens is 1. The molecule has 1 amide bonds. The van der Waals surface area contributed by atoms with Gasteiger partial charge in [0.25, 0.3) is 0 Å². The molecule has 5 nitrogen and oxygen atoms in total. The number of nitrogens with zero attached hydrogens (tertiary/aromatic N) is 1. The van der Waals surface area contributed by atoms with Crippen LogP contribution < -0.4 is 5.73 Å². The quantitative estimate of drug-likeness (QED) is 0.364. The maximum absolute atomic E-state index is 8.78. The molecule has 0 spiro atoms. The summed E-state index contributed by atoms with van der Waals surface area (Å²) in [5, 5.41) is 15.9.